The van der Waals surface area contributed by atoms with Crippen LogP contribution >= 0.6 is 12.2 Å². The second kappa shape index (κ2) is 10.6. The summed E-state index contributed by atoms with van der Waals surface area (Å²) in [6, 6.07) is 24.1. The SMILES string of the molecule is O=C(CCN1C(=S)N[C@H](c2ccccn2)[C@@H]1c1ccc(-c2ccccc2[N+](=O)[O-])o1)Nc1ccccc1. The van der Waals surface area contributed by atoms with Gasteiger partial charge in [0, 0.05) is 30.9 Å². The van der Waals surface area contributed by atoms with Crippen molar-refractivity contribution in [3.05, 3.63) is 113 Å². The Bertz CT molecular complexity index is 1430. The van der Waals surface area contributed by atoms with E-state index in [2.05, 4.69) is 15.6 Å². The van der Waals surface area contributed by atoms with Gasteiger partial charge in [-0.1, -0.05) is 36.4 Å². The molecule has 1 fully saturated rings. The Morgan fingerprint density at radius 3 is 2.57 bits per heavy atom. The van der Waals surface area contributed by atoms with Gasteiger partial charge in [-0.25, -0.2) is 0 Å². The maximum atomic E-state index is 12.7. The zero-order chi connectivity index (χ0) is 25.8. The molecule has 2 N–H and O–H groups in total. The highest BCUT2D eigenvalue weighted by atomic mass is 32.1. The van der Waals surface area contributed by atoms with Gasteiger partial charge in [0.1, 0.15) is 17.6 Å². The number of furan rings is 1. The number of aromatic nitrogens is 1. The minimum absolute atomic E-state index is 0.0424. The molecule has 0 spiro atoms. The molecule has 1 aliphatic heterocycles. The number of carbonyl (C=O) groups excluding carboxylic acids is 1. The molecule has 1 aliphatic rings. The van der Waals surface area contributed by atoms with E-state index >= 15 is 0 Å². The van der Waals surface area contributed by atoms with Crippen LogP contribution in [0.15, 0.2) is 95.5 Å². The lowest BCUT2D eigenvalue weighted by Gasteiger charge is -2.25. The molecule has 37 heavy (non-hydrogen) atoms. The van der Waals surface area contributed by atoms with Gasteiger partial charge in [0.15, 0.2) is 5.11 Å². The van der Waals surface area contributed by atoms with Crippen LogP contribution in [-0.2, 0) is 4.79 Å². The average molecular weight is 514 g/mol. The summed E-state index contributed by atoms with van der Waals surface area (Å²) in [5.74, 6) is 0.787. The summed E-state index contributed by atoms with van der Waals surface area (Å²) in [6.45, 7) is 0.333. The van der Waals surface area contributed by atoms with E-state index in [4.69, 9.17) is 16.6 Å². The predicted octanol–water partition coefficient (Wildman–Crippen LogP) is 5.25. The molecule has 0 saturated carbocycles. The summed E-state index contributed by atoms with van der Waals surface area (Å²) in [5, 5.41) is 18.2. The number of nitro groups is 1. The molecule has 0 bridgehead atoms. The standard InChI is InChI=1S/C27H23N5O4S/c33-24(29-18-8-2-1-3-9-18)15-17-31-26(25(30-27(31)37)20-11-6-7-16-28-20)23-14-13-22(36-23)19-10-4-5-12-21(19)32(34)35/h1-14,16,25-26H,15,17H2,(H,29,33)(H,30,37)/t25-,26+/m1/s1. The number of amides is 1. The normalized spacial score (nSPS) is 16.9. The Morgan fingerprint density at radius 1 is 1.05 bits per heavy atom. The van der Waals surface area contributed by atoms with Gasteiger partial charge < -0.3 is 20.0 Å². The number of pyridine rings is 1. The summed E-state index contributed by atoms with van der Waals surface area (Å²) >= 11 is 5.66. The van der Waals surface area contributed by atoms with Gasteiger partial charge in [-0.2, -0.15) is 0 Å². The molecule has 2 atom stereocenters. The summed E-state index contributed by atoms with van der Waals surface area (Å²) in [4.78, 5) is 30.2. The molecule has 1 saturated heterocycles. The number of hydrogen-bond acceptors (Lipinski definition) is 6. The number of carbonyl (C=O) groups is 1. The Kier molecular flexibility index (Phi) is 6.91. The first-order chi connectivity index (χ1) is 18.0. The first-order valence-corrected chi connectivity index (χ1v) is 12.1. The maximum absolute atomic E-state index is 12.7. The fourth-order valence-corrected chi connectivity index (χ4v) is 4.75. The Balaban J connectivity index is 1.43. The largest absolute Gasteiger partial charge is 0.459 e. The number of benzene rings is 2. The van der Waals surface area contributed by atoms with Crippen molar-refractivity contribution >= 4 is 34.6 Å². The van der Waals surface area contributed by atoms with Gasteiger partial charge in [0.25, 0.3) is 5.69 Å². The van der Waals surface area contributed by atoms with Gasteiger partial charge >= 0.3 is 0 Å². The molecule has 0 unspecified atom stereocenters. The molecular formula is C27H23N5O4S. The number of nitrogens with zero attached hydrogens (tertiary/aromatic N) is 3. The minimum Gasteiger partial charge on any atom is -0.459 e. The van der Waals surface area contributed by atoms with Crippen molar-refractivity contribution in [1.29, 1.82) is 0 Å². The highest BCUT2D eigenvalue weighted by Crippen LogP contribution is 2.41. The fraction of sp³-hybridized carbons (Fsp3) is 0.148. The molecule has 2 aromatic heterocycles. The molecule has 4 aromatic rings. The zero-order valence-corrected chi connectivity index (χ0v) is 20.4. The Hall–Kier alpha value is -4.57. The van der Waals surface area contributed by atoms with Crippen molar-refractivity contribution in [2.24, 2.45) is 0 Å². The Labute approximate surface area is 218 Å². The lowest BCUT2D eigenvalue weighted by molar-refractivity contribution is -0.384. The molecular weight excluding hydrogens is 490 g/mol. The molecule has 5 rings (SSSR count). The van der Waals surface area contributed by atoms with Crippen molar-refractivity contribution in [3.8, 4) is 11.3 Å². The van der Waals surface area contributed by atoms with Gasteiger partial charge in [-0.15, -0.1) is 0 Å². The van der Waals surface area contributed by atoms with Gasteiger partial charge in [-0.3, -0.25) is 19.9 Å². The summed E-state index contributed by atoms with van der Waals surface area (Å²) < 4.78 is 6.20. The number of para-hydroxylation sites is 2. The van der Waals surface area contributed by atoms with Crippen molar-refractivity contribution in [2.75, 3.05) is 11.9 Å². The van der Waals surface area contributed by atoms with Crippen LogP contribution in [-0.4, -0.2) is 32.4 Å². The number of hydrogen-bond donors (Lipinski definition) is 2. The molecule has 2 aromatic carbocycles. The van der Waals surface area contributed by atoms with E-state index in [-0.39, 0.29) is 24.1 Å². The van der Waals surface area contributed by atoms with Crippen molar-refractivity contribution in [3.63, 3.8) is 0 Å². The number of nitrogens with one attached hydrogen (secondary N) is 2. The van der Waals surface area contributed by atoms with Crippen molar-refractivity contribution in [2.45, 2.75) is 18.5 Å². The second-order valence-electron chi connectivity index (χ2n) is 8.46. The molecule has 9 nitrogen and oxygen atoms in total. The van der Waals surface area contributed by atoms with Crippen LogP contribution in [0.5, 0.6) is 0 Å². The first-order valence-electron chi connectivity index (χ1n) is 11.7. The number of nitro benzene ring substituents is 1. The summed E-state index contributed by atoms with van der Waals surface area (Å²) in [7, 11) is 0. The smallest absolute Gasteiger partial charge is 0.280 e. The molecule has 0 radical (unpaired) electrons. The third-order valence-electron chi connectivity index (χ3n) is 6.12. The summed E-state index contributed by atoms with van der Waals surface area (Å²) in [5.41, 5.74) is 1.82. The third kappa shape index (κ3) is 5.19. The lowest BCUT2D eigenvalue weighted by Crippen LogP contribution is -2.32. The van der Waals surface area contributed by atoms with Gasteiger partial charge in [0.05, 0.1) is 22.2 Å². The Morgan fingerprint density at radius 2 is 1.81 bits per heavy atom. The topological polar surface area (TPSA) is 114 Å². The highest BCUT2D eigenvalue weighted by molar-refractivity contribution is 7.80. The highest BCUT2D eigenvalue weighted by Gasteiger charge is 2.41. The monoisotopic (exact) mass is 513 g/mol. The number of rotatable bonds is 8. The maximum Gasteiger partial charge on any atom is 0.280 e. The van der Waals surface area contributed by atoms with Crippen molar-refractivity contribution < 1.29 is 14.1 Å². The van der Waals surface area contributed by atoms with E-state index < -0.39 is 11.0 Å². The van der Waals surface area contributed by atoms with E-state index in [0.29, 0.717) is 28.7 Å². The van der Waals surface area contributed by atoms with Crippen LogP contribution in [0.1, 0.15) is 30.0 Å². The van der Waals surface area contributed by atoms with E-state index in [1.807, 2.05) is 53.4 Å². The number of thiocarbonyl (C=S) groups is 1. The zero-order valence-electron chi connectivity index (χ0n) is 19.6. The minimum atomic E-state index is -0.432. The van der Waals surface area contributed by atoms with Crippen LogP contribution in [0.25, 0.3) is 11.3 Å². The van der Waals surface area contributed by atoms with Crippen LogP contribution in [0.4, 0.5) is 11.4 Å². The van der Waals surface area contributed by atoms with E-state index in [0.717, 1.165) is 11.4 Å². The molecule has 186 valence electrons. The van der Waals surface area contributed by atoms with Crippen molar-refractivity contribution in [1.82, 2.24) is 15.2 Å². The van der Waals surface area contributed by atoms with Crippen LogP contribution < -0.4 is 10.6 Å². The molecule has 3 heterocycles. The molecule has 1 amide bonds. The predicted molar refractivity (Wildman–Crippen MR) is 143 cm³/mol. The van der Waals surface area contributed by atoms with Crippen LogP contribution in [0, 0.1) is 10.1 Å². The van der Waals surface area contributed by atoms with E-state index in [1.165, 1.54) is 6.07 Å². The third-order valence-corrected chi connectivity index (χ3v) is 6.47. The molecule has 10 heteroatoms. The van der Waals surface area contributed by atoms with Crippen LogP contribution in [0.2, 0.25) is 0 Å². The second-order valence-corrected chi connectivity index (χ2v) is 8.85. The fourth-order valence-electron chi connectivity index (χ4n) is 4.42. The first kappa shape index (κ1) is 24.1. The lowest BCUT2D eigenvalue weighted by atomic mass is 10.0. The summed E-state index contributed by atoms with van der Waals surface area (Å²) in [6.07, 6.45) is 1.90. The quantitative estimate of drug-likeness (QED) is 0.187. The van der Waals surface area contributed by atoms with Crippen LogP contribution in [0.3, 0.4) is 0 Å². The van der Waals surface area contributed by atoms with Gasteiger partial charge in [-0.05, 0) is 54.7 Å². The average Bonchev–Trinajstić information content (AvgIpc) is 3.53. The van der Waals surface area contributed by atoms with E-state index in [1.54, 1.807) is 36.5 Å². The van der Waals surface area contributed by atoms with Gasteiger partial charge in [0.2, 0.25) is 5.91 Å². The molecule has 0 aliphatic carbocycles. The van der Waals surface area contributed by atoms with E-state index in [9.17, 15) is 14.9 Å². The number of anilines is 1.